The average Bonchev–Trinajstić information content (AvgIpc) is 2.74. The fourth-order valence-electron chi connectivity index (χ4n) is 3.25. The van der Waals surface area contributed by atoms with Gasteiger partial charge in [0.05, 0.1) is 5.56 Å². The van der Waals surface area contributed by atoms with Crippen LogP contribution in [0.4, 0.5) is 4.39 Å². The van der Waals surface area contributed by atoms with E-state index in [-0.39, 0.29) is 35.8 Å². The largest absolute Gasteiger partial charge is 0.477 e. The van der Waals surface area contributed by atoms with E-state index in [2.05, 4.69) is 10.3 Å². The number of aromatic nitrogens is 1. The number of pyridine rings is 1. The Hall–Kier alpha value is -3.29. The van der Waals surface area contributed by atoms with Gasteiger partial charge in [0.2, 0.25) is 5.91 Å². The van der Waals surface area contributed by atoms with Crippen LogP contribution >= 0.6 is 0 Å². The van der Waals surface area contributed by atoms with Gasteiger partial charge in [-0.1, -0.05) is 12.1 Å². The second-order valence-corrected chi connectivity index (χ2v) is 7.11. The second kappa shape index (κ2) is 8.81. The Balaban J connectivity index is 1.50. The molecule has 2 N–H and O–H groups in total. The number of amides is 2. The summed E-state index contributed by atoms with van der Waals surface area (Å²) in [6, 6.07) is 7.62. The fourth-order valence-corrected chi connectivity index (χ4v) is 3.25. The van der Waals surface area contributed by atoms with E-state index < -0.39 is 5.97 Å². The summed E-state index contributed by atoms with van der Waals surface area (Å²) in [4.78, 5) is 41.2. The molecule has 0 unspecified atom stereocenters. The maximum Gasteiger partial charge on any atom is 0.354 e. The molecule has 29 heavy (non-hydrogen) atoms. The maximum atomic E-state index is 13.6. The third kappa shape index (κ3) is 4.96. The first-order valence-electron chi connectivity index (χ1n) is 9.36. The van der Waals surface area contributed by atoms with Crippen molar-refractivity contribution in [2.75, 3.05) is 13.1 Å². The number of likely N-dealkylation sites (tertiary alicyclic amines) is 1. The standard InChI is InChI=1S/C21H22FN3O4/c1-13-2-3-14(10-17(13)22)11-24-19(26)15-6-8-25(9-7-15)20(27)16-4-5-18(21(28)29)23-12-16/h2-5,10,12,15H,6-9,11H2,1H3,(H,24,26)(H,28,29). The summed E-state index contributed by atoms with van der Waals surface area (Å²) in [7, 11) is 0. The highest BCUT2D eigenvalue weighted by Crippen LogP contribution is 2.20. The SMILES string of the molecule is Cc1ccc(CNC(=O)C2CCN(C(=O)c3ccc(C(=O)O)nc3)CC2)cc1F. The van der Waals surface area contributed by atoms with Crippen LogP contribution < -0.4 is 5.32 Å². The van der Waals surface area contributed by atoms with E-state index >= 15 is 0 Å². The number of rotatable bonds is 5. The van der Waals surface area contributed by atoms with Gasteiger partial charge in [-0.15, -0.1) is 0 Å². The summed E-state index contributed by atoms with van der Waals surface area (Å²) in [6.07, 6.45) is 2.31. The molecule has 1 saturated heterocycles. The Morgan fingerprint density at radius 3 is 2.52 bits per heavy atom. The molecule has 2 aromatic rings. The first-order chi connectivity index (χ1) is 13.8. The molecule has 1 aliphatic heterocycles. The number of carboxylic acid groups (broad SMARTS) is 1. The maximum absolute atomic E-state index is 13.6. The van der Waals surface area contributed by atoms with Crippen molar-refractivity contribution in [1.29, 1.82) is 0 Å². The Labute approximate surface area is 167 Å². The number of nitrogens with one attached hydrogen (secondary N) is 1. The number of carboxylic acids is 1. The summed E-state index contributed by atoms with van der Waals surface area (Å²) in [5.41, 5.74) is 1.46. The molecule has 0 atom stereocenters. The number of nitrogens with zero attached hydrogens (tertiary/aromatic N) is 2. The van der Waals surface area contributed by atoms with Crippen molar-refractivity contribution in [3.05, 3.63) is 64.7 Å². The van der Waals surface area contributed by atoms with E-state index in [0.717, 1.165) is 0 Å². The first-order valence-corrected chi connectivity index (χ1v) is 9.36. The molecule has 1 aromatic carbocycles. The first kappa shape index (κ1) is 20.4. The van der Waals surface area contributed by atoms with Crippen molar-refractivity contribution in [1.82, 2.24) is 15.2 Å². The predicted octanol–water partition coefficient (Wildman–Crippen LogP) is 2.40. The molecule has 0 radical (unpaired) electrons. The van der Waals surface area contributed by atoms with Crippen LogP contribution in [0, 0.1) is 18.7 Å². The van der Waals surface area contributed by atoms with Crippen molar-refractivity contribution in [2.45, 2.75) is 26.3 Å². The lowest BCUT2D eigenvalue weighted by atomic mass is 9.95. The van der Waals surface area contributed by atoms with Crippen LogP contribution in [0.3, 0.4) is 0 Å². The molecular formula is C21H22FN3O4. The topological polar surface area (TPSA) is 99.6 Å². The third-order valence-corrected chi connectivity index (χ3v) is 5.09. The van der Waals surface area contributed by atoms with E-state index in [9.17, 15) is 18.8 Å². The molecule has 7 nitrogen and oxygen atoms in total. The van der Waals surface area contributed by atoms with E-state index in [1.807, 2.05) is 0 Å². The number of halogens is 1. The molecular weight excluding hydrogens is 377 g/mol. The predicted molar refractivity (Wildman–Crippen MR) is 103 cm³/mol. The number of hydrogen-bond donors (Lipinski definition) is 2. The fraction of sp³-hybridized carbons (Fsp3) is 0.333. The summed E-state index contributed by atoms with van der Waals surface area (Å²) in [5.74, 6) is -1.99. The lowest BCUT2D eigenvalue weighted by Crippen LogP contribution is -2.43. The summed E-state index contributed by atoms with van der Waals surface area (Å²) >= 11 is 0. The zero-order valence-corrected chi connectivity index (χ0v) is 16.0. The third-order valence-electron chi connectivity index (χ3n) is 5.09. The van der Waals surface area contributed by atoms with Crippen LogP contribution in [-0.2, 0) is 11.3 Å². The number of piperidine rings is 1. The summed E-state index contributed by atoms with van der Waals surface area (Å²) in [6.45, 7) is 2.80. The van der Waals surface area contributed by atoms with Crippen molar-refractivity contribution in [3.63, 3.8) is 0 Å². The van der Waals surface area contributed by atoms with E-state index in [4.69, 9.17) is 5.11 Å². The van der Waals surface area contributed by atoms with Crippen LogP contribution in [0.5, 0.6) is 0 Å². The molecule has 152 valence electrons. The smallest absolute Gasteiger partial charge is 0.354 e. The molecule has 1 aromatic heterocycles. The minimum atomic E-state index is -1.15. The van der Waals surface area contributed by atoms with E-state index in [1.54, 1.807) is 24.0 Å². The molecule has 2 amide bonds. The molecule has 0 spiro atoms. The Morgan fingerprint density at radius 2 is 1.93 bits per heavy atom. The van der Waals surface area contributed by atoms with E-state index in [1.165, 1.54) is 24.4 Å². The number of carbonyl (C=O) groups excluding carboxylic acids is 2. The molecule has 1 aliphatic rings. The number of carbonyl (C=O) groups is 3. The van der Waals surface area contributed by atoms with Crippen molar-refractivity contribution >= 4 is 17.8 Å². The highest BCUT2D eigenvalue weighted by atomic mass is 19.1. The van der Waals surface area contributed by atoms with E-state index in [0.29, 0.717) is 42.6 Å². The molecule has 0 saturated carbocycles. The van der Waals surface area contributed by atoms with Crippen molar-refractivity contribution in [2.24, 2.45) is 5.92 Å². The van der Waals surface area contributed by atoms with Crippen molar-refractivity contribution in [3.8, 4) is 0 Å². The normalized spacial score (nSPS) is 14.5. The Morgan fingerprint density at radius 1 is 1.21 bits per heavy atom. The van der Waals surface area contributed by atoms with Gasteiger partial charge in [-0.25, -0.2) is 14.2 Å². The van der Waals surface area contributed by atoms with Gasteiger partial charge in [0.25, 0.3) is 5.91 Å². The number of benzene rings is 1. The lowest BCUT2D eigenvalue weighted by Gasteiger charge is -2.31. The summed E-state index contributed by atoms with van der Waals surface area (Å²) in [5, 5.41) is 11.7. The van der Waals surface area contributed by atoms with Gasteiger partial charge in [0.15, 0.2) is 0 Å². The van der Waals surface area contributed by atoms with Gasteiger partial charge in [0.1, 0.15) is 11.5 Å². The lowest BCUT2D eigenvalue weighted by molar-refractivity contribution is -0.126. The average molecular weight is 399 g/mol. The number of aromatic carboxylic acids is 1. The molecule has 0 bridgehead atoms. The van der Waals surface area contributed by atoms with Gasteiger partial charge in [0, 0.05) is 31.7 Å². The molecule has 1 fully saturated rings. The minimum absolute atomic E-state index is 0.106. The van der Waals surface area contributed by atoms with Gasteiger partial charge >= 0.3 is 5.97 Å². The highest BCUT2D eigenvalue weighted by Gasteiger charge is 2.28. The highest BCUT2D eigenvalue weighted by molar-refractivity contribution is 5.95. The quantitative estimate of drug-likeness (QED) is 0.804. The van der Waals surface area contributed by atoms with Crippen LogP contribution in [0.15, 0.2) is 36.5 Å². The van der Waals surface area contributed by atoms with Crippen LogP contribution in [0.2, 0.25) is 0 Å². The zero-order chi connectivity index (χ0) is 21.0. The van der Waals surface area contributed by atoms with Crippen LogP contribution in [0.25, 0.3) is 0 Å². The van der Waals surface area contributed by atoms with Gasteiger partial charge in [-0.3, -0.25) is 9.59 Å². The molecule has 3 rings (SSSR count). The second-order valence-electron chi connectivity index (χ2n) is 7.11. The Kier molecular flexibility index (Phi) is 6.21. The van der Waals surface area contributed by atoms with Gasteiger partial charge in [-0.05, 0) is 49.1 Å². The summed E-state index contributed by atoms with van der Waals surface area (Å²) < 4.78 is 13.6. The monoisotopic (exact) mass is 399 g/mol. The molecule has 8 heteroatoms. The van der Waals surface area contributed by atoms with Crippen LogP contribution in [-0.4, -0.2) is 45.9 Å². The van der Waals surface area contributed by atoms with Crippen molar-refractivity contribution < 1.29 is 23.9 Å². The minimum Gasteiger partial charge on any atom is -0.477 e. The molecule has 0 aliphatic carbocycles. The number of aryl methyl sites for hydroxylation is 1. The zero-order valence-electron chi connectivity index (χ0n) is 16.0. The van der Waals surface area contributed by atoms with Gasteiger partial charge in [-0.2, -0.15) is 0 Å². The van der Waals surface area contributed by atoms with Crippen LogP contribution in [0.1, 0.15) is 44.8 Å². The number of hydrogen-bond acceptors (Lipinski definition) is 4. The van der Waals surface area contributed by atoms with Gasteiger partial charge < -0.3 is 15.3 Å². The molecule has 2 heterocycles. The Bertz CT molecular complexity index is 922.